The van der Waals surface area contributed by atoms with Gasteiger partial charge in [-0.15, -0.1) is 0 Å². The van der Waals surface area contributed by atoms with Gasteiger partial charge in [-0.05, 0) is 11.6 Å². The first-order chi connectivity index (χ1) is 8.52. The van der Waals surface area contributed by atoms with Gasteiger partial charge >= 0.3 is 0 Å². The number of pyridine rings is 1. The van der Waals surface area contributed by atoms with Crippen molar-refractivity contribution < 1.29 is 14.1 Å². The summed E-state index contributed by atoms with van der Waals surface area (Å²) >= 11 is 0. The molecular formula is C10H11FN4O3. The van der Waals surface area contributed by atoms with Crippen molar-refractivity contribution >= 4 is 6.41 Å². The van der Waals surface area contributed by atoms with Crippen LogP contribution in [0.15, 0.2) is 30.4 Å². The lowest BCUT2D eigenvalue weighted by molar-refractivity contribution is -0.404. The lowest BCUT2D eigenvalue weighted by atomic mass is 10.3. The molecule has 1 heterocycles. The van der Waals surface area contributed by atoms with Gasteiger partial charge in [0.05, 0.1) is 4.92 Å². The van der Waals surface area contributed by atoms with Crippen molar-refractivity contribution in [2.45, 2.75) is 6.54 Å². The zero-order chi connectivity index (χ0) is 13.5. The van der Waals surface area contributed by atoms with Crippen molar-refractivity contribution in [2.24, 2.45) is 0 Å². The van der Waals surface area contributed by atoms with E-state index in [1.165, 1.54) is 25.4 Å². The highest BCUT2D eigenvalue weighted by Gasteiger charge is 2.08. The first-order valence-corrected chi connectivity index (χ1v) is 4.90. The van der Waals surface area contributed by atoms with E-state index in [9.17, 15) is 19.3 Å². The molecule has 0 saturated carbocycles. The molecule has 0 aliphatic carbocycles. The van der Waals surface area contributed by atoms with E-state index in [4.69, 9.17) is 0 Å². The second kappa shape index (κ2) is 6.28. The van der Waals surface area contributed by atoms with Gasteiger partial charge in [0.15, 0.2) is 5.82 Å². The number of hydrogen-bond acceptors (Lipinski definition) is 5. The molecule has 1 aromatic rings. The molecular weight excluding hydrogens is 243 g/mol. The maximum atomic E-state index is 12.6. The molecule has 0 atom stereocenters. The quantitative estimate of drug-likeness (QED) is 0.345. The number of halogens is 1. The number of nitro groups is 1. The summed E-state index contributed by atoms with van der Waals surface area (Å²) in [4.78, 5) is 24.7. The molecule has 96 valence electrons. The highest BCUT2D eigenvalue weighted by molar-refractivity contribution is 5.49. The minimum atomic E-state index is -0.675. The molecule has 8 heteroatoms. The molecule has 1 amide bonds. The van der Waals surface area contributed by atoms with Crippen LogP contribution in [0, 0.1) is 16.1 Å². The third kappa shape index (κ3) is 4.16. The van der Waals surface area contributed by atoms with Gasteiger partial charge in [0.25, 0.3) is 6.20 Å². The third-order valence-electron chi connectivity index (χ3n) is 2.03. The summed E-state index contributed by atoms with van der Waals surface area (Å²) in [6.07, 6.45) is 2.41. The number of amides is 1. The molecule has 1 N–H and O–H groups in total. The fourth-order valence-corrected chi connectivity index (χ4v) is 1.12. The second-order valence-electron chi connectivity index (χ2n) is 3.36. The molecule has 0 aliphatic rings. The Kier molecular flexibility index (Phi) is 4.73. The van der Waals surface area contributed by atoms with Crippen molar-refractivity contribution in [1.82, 2.24) is 15.2 Å². The number of nitrogens with zero attached hydrogens (tertiary/aromatic N) is 3. The first kappa shape index (κ1) is 13.6. The fraction of sp³-hybridized carbons (Fsp3) is 0.200. The average Bonchev–Trinajstić information content (AvgIpc) is 2.35. The summed E-state index contributed by atoms with van der Waals surface area (Å²) < 4.78 is 12.6. The number of aromatic nitrogens is 1. The van der Waals surface area contributed by atoms with Crippen molar-refractivity contribution in [3.05, 3.63) is 52.0 Å². The summed E-state index contributed by atoms with van der Waals surface area (Å²) in [5.41, 5.74) is 0.630. The van der Waals surface area contributed by atoms with E-state index in [1.54, 1.807) is 0 Å². The lowest BCUT2D eigenvalue weighted by Crippen LogP contribution is -2.28. The molecule has 0 unspecified atom stereocenters. The predicted molar refractivity (Wildman–Crippen MR) is 59.9 cm³/mol. The smallest absolute Gasteiger partial charge is 0.274 e. The molecule has 0 fully saturated rings. The molecule has 0 radical (unpaired) electrons. The molecule has 7 nitrogen and oxygen atoms in total. The Hall–Kier alpha value is -2.51. The molecule has 0 bridgehead atoms. The minimum Gasteiger partial charge on any atom is -0.362 e. The van der Waals surface area contributed by atoms with Gasteiger partial charge in [-0.1, -0.05) is 6.07 Å². The van der Waals surface area contributed by atoms with Gasteiger partial charge in [-0.2, -0.15) is 4.39 Å². The van der Waals surface area contributed by atoms with E-state index < -0.39 is 10.9 Å². The highest BCUT2D eigenvalue weighted by atomic mass is 19.1. The third-order valence-corrected chi connectivity index (χ3v) is 2.03. The van der Waals surface area contributed by atoms with Crippen LogP contribution in [0.5, 0.6) is 0 Å². The Balaban J connectivity index is 2.70. The summed E-state index contributed by atoms with van der Waals surface area (Å²) in [6.45, 7) is 0.186. The minimum absolute atomic E-state index is 0.0272. The Bertz CT molecular complexity index is 461. The first-order valence-electron chi connectivity index (χ1n) is 4.90. The van der Waals surface area contributed by atoms with Crippen molar-refractivity contribution in [1.29, 1.82) is 0 Å². The SMILES string of the molecule is CN(C=O)C(=C[N+](=O)[O-])NCc1ccc(F)nc1. The Labute approximate surface area is 102 Å². The highest BCUT2D eigenvalue weighted by Crippen LogP contribution is 2.01. The predicted octanol–water partition coefficient (Wildman–Crippen LogP) is 0.474. The number of hydrogen-bond donors (Lipinski definition) is 1. The Morgan fingerprint density at radius 2 is 2.39 bits per heavy atom. The molecule has 0 saturated heterocycles. The Morgan fingerprint density at radius 3 is 2.89 bits per heavy atom. The van der Waals surface area contributed by atoms with Crippen LogP contribution in [0.3, 0.4) is 0 Å². The normalized spacial score (nSPS) is 10.9. The van der Waals surface area contributed by atoms with E-state index >= 15 is 0 Å². The van der Waals surface area contributed by atoms with Crippen LogP contribution in [0.25, 0.3) is 0 Å². The summed E-state index contributed by atoms with van der Waals surface area (Å²) in [5, 5.41) is 13.1. The van der Waals surface area contributed by atoms with Gasteiger partial charge < -0.3 is 5.32 Å². The molecule has 0 aliphatic heterocycles. The van der Waals surface area contributed by atoms with E-state index in [0.29, 0.717) is 18.2 Å². The largest absolute Gasteiger partial charge is 0.362 e. The molecule has 0 aromatic carbocycles. The molecule has 1 rings (SSSR count). The number of carbonyl (C=O) groups is 1. The van der Waals surface area contributed by atoms with E-state index in [2.05, 4.69) is 10.3 Å². The Morgan fingerprint density at radius 1 is 1.67 bits per heavy atom. The van der Waals surface area contributed by atoms with Gasteiger partial charge in [0.2, 0.25) is 12.4 Å². The van der Waals surface area contributed by atoms with Crippen molar-refractivity contribution in [3.63, 3.8) is 0 Å². The maximum Gasteiger partial charge on any atom is 0.274 e. The van der Waals surface area contributed by atoms with Crippen LogP contribution in [-0.2, 0) is 11.3 Å². The average molecular weight is 254 g/mol. The molecule has 1 aromatic heterocycles. The van der Waals surface area contributed by atoms with Gasteiger partial charge in [-0.3, -0.25) is 19.8 Å². The van der Waals surface area contributed by atoms with Crippen LogP contribution in [0.2, 0.25) is 0 Å². The zero-order valence-corrected chi connectivity index (χ0v) is 9.54. The van der Waals surface area contributed by atoms with Crippen LogP contribution < -0.4 is 5.32 Å². The van der Waals surface area contributed by atoms with Crippen molar-refractivity contribution in [3.8, 4) is 0 Å². The van der Waals surface area contributed by atoms with Crippen LogP contribution in [-0.4, -0.2) is 28.3 Å². The number of rotatable bonds is 6. The summed E-state index contributed by atoms with van der Waals surface area (Å²) in [6, 6.07) is 2.66. The van der Waals surface area contributed by atoms with E-state index in [-0.39, 0.29) is 12.4 Å². The van der Waals surface area contributed by atoms with Crippen LogP contribution in [0.1, 0.15) is 5.56 Å². The molecule has 18 heavy (non-hydrogen) atoms. The topological polar surface area (TPSA) is 88.4 Å². The second-order valence-corrected chi connectivity index (χ2v) is 3.36. The van der Waals surface area contributed by atoms with Crippen LogP contribution >= 0.6 is 0 Å². The van der Waals surface area contributed by atoms with E-state index in [0.717, 1.165) is 4.90 Å². The number of nitrogens with one attached hydrogen (secondary N) is 1. The summed E-state index contributed by atoms with van der Waals surface area (Å²) in [7, 11) is 1.37. The van der Waals surface area contributed by atoms with Crippen molar-refractivity contribution in [2.75, 3.05) is 7.05 Å². The van der Waals surface area contributed by atoms with Gasteiger partial charge in [-0.25, -0.2) is 4.98 Å². The lowest BCUT2D eigenvalue weighted by Gasteiger charge is -2.14. The maximum absolute atomic E-state index is 12.6. The standard InChI is InChI=1S/C10H11FN4O3/c1-14(7-16)10(6-15(17)18)13-5-8-2-3-9(11)12-4-8/h2-4,6-7,13H,5H2,1H3. The van der Waals surface area contributed by atoms with E-state index in [1.807, 2.05) is 0 Å². The monoisotopic (exact) mass is 254 g/mol. The molecule has 0 spiro atoms. The summed E-state index contributed by atoms with van der Waals surface area (Å²) in [5.74, 6) is -0.579. The fourth-order valence-electron chi connectivity index (χ4n) is 1.12. The van der Waals surface area contributed by atoms with Gasteiger partial charge in [0.1, 0.15) is 0 Å². The van der Waals surface area contributed by atoms with Crippen LogP contribution in [0.4, 0.5) is 4.39 Å². The number of carbonyl (C=O) groups excluding carboxylic acids is 1. The zero-order valence-electron chi connectivity index (χ0n) is 9.54. The van der Waals surface area contributed by atoms with Gasteiger partial charge in [0, 0.05) is 19.8 Å².